The number of halogens is 1. The minimum atomic E-state index is -0.536. The summed E-state index contributed by atoms with van der Waals surface area (Å²) in [4.78, 5) is 39.7. The zero-order valence-corrected chi connectivity index (χ0v) is 16.4. The normalized spacial score (nSPS) is 18.9. The van der Waals surface area contributed by atoms with Crippen LogP contribution in [0.1, 0.15) is 18.4 Å². The van der Waals surface area contributed by atoms with Gasteiger partial charge in [-0.25, -0.2) is 0 Å². The fraction of sp³-hybridized carbons (Fsp3) is 0.353. The second kappa shape index (κ2) is 7.71. The molecule has 2 aliphatic rings. The fourth-order valence-corrected chi connectivity index (χ4v) is 4.12. The van der Waals surface area contributed by atoms with Crippen molar-refractivity contribution < 1.29 is 24.2 Å². The SMILES string of the molecule is COc1cc(Br)cc(/C=C2/SC(=O)N(CC(=O)N3CCCC3)C2=O)c1O. The summed E-state index contributed by atoms with van der Waals surface area (Å²) in [5, 5.41) is 9.72. The Morgan fingerprint density at radius 3 is 2.69 bits per heavy atom. The quantitative estimate of drug-likeness (QED) is 0.724. The summed E-state index contributed by atoms with van der Waals surface area (Å²) in [5.41, 5.74) is 0.340. The number of methoxy groups -OCH3 is 1. The van der Waals surface area contributed by atoms with Crippen molar-refractivity contribution in [2.45, 2.75) is 12.8 Å². The van der Waals surface area contributed by atoms with Crippen LogP contribution < -0.4 is 4.74 Å². The molecule has 26 heavy (non-hydrogen) atoms. The molecule has 0 saturated carbocycles. The third-order valence-corrected chi connectivity index (χ3v) is 5.57. The number of phenolic OH excluding ortho intramolecular Hbond substituents is 1. The van der Waals surface area contributed by atoms with Crippen LogP contribution in [0.5, 0.6) is 11.5 Å². The Labute approximate surface area is 163 Å². The molecule has 9 heteroatoms. The molecule has 2 saturated heterocycles. The van der Waals surface area contributed by atoms with Crippen molar-refractivity contribution in [1.29, 1.82) is 0 Å². The molecule has 0 atom stereocenters. The van der Waals surface area contributed by atoms with Crippen LogP contribution in [-0.2, 0) is 9.59 Å². The van der Waals surface area contributed by atoms with Crippen LogP contribution in [0.3, 0.4) is 0 Å². The molecule has 1 aromatic carbocycles. The average molecular weight is 441 g/mol. The number of phenols is 1. The van der Waals surface area contributed by atoms with Gasteiger partial charge in [0.2, 0.25) is 5.91 Å². The number of nitrogens with zero attached hydrogens (tertiary/aromatic N) is 2. The van der Waals surface area contributed by atoms with E-state index in [1.165, 1.54) is 13.2 Å². The number of ether oxygens (including phenoxy) is 1. The molecular weight excluding hydrogens is 424 g/mol. The predicted molar refractivity (Wildman–Crippen MR) is 101 cm³/mol. The van der Waals surface area contributed by atoms with E-state index >= 15 is 0 Å². The van der Waals surface area contributed by atoms with Gasteiger partial charge in [0.05, 0.1) is 12.0 Å². The lowest BCUT2D eigenvalue weighted by Crippen LogP contribution is -2.40. The van der Waals surface area contributed by atoms with Gasteiger partial charge in [-0.05, 0) is 42.8 Å². The Kier molecular flexibility index (Phi) is 5.57. The molecule has 0 aliphatic carbocycles. The number of carbonyl (C=O) groups is 3. The van der Waals surface area contributed by atoms with E-state index in [1.807, 2.05) is 0 Å². The van der Waals surface area contributed by atoms with Gasteiger partial charge in [0, 0.05) is 23.1 Å². The Balaban J connectivity index is 1.81. The van der Waals surface area contributed by atoms with Crippen LogP contribution >= 0.6 is 27.7 Å². The summed E-state index contributed by atoms with van der Waals surface area (Å²) in [6.45, 7) is 1.07. The zero-order chi connectivity index (χ0) is 18.8. The van der Waals surface area contributed by atoms with Crippen LogP contribution in [0, 0.1) is 0 Å². The highest BCUT2D eigenvalue weighted by Gasteiger charge is 2.37. The first-order valence-electron chi connectivity index (χ1n) is 8.00. The monoisotopic (exact) mass is 440 g/mol. The molecule has 2 aliphatic heterocycles. The largest absolute Gasteiger partial charge is 0.504 e. The van der Waals surface area contributed by atoms with E-state index in [9.17, 15) is 19.5 Å². The molecule has 0 unspecified atom stereocenters. The number of benzene rings is 1. The van der Waals surface area contributed by atoms with E-state index in [1.54, 1.807) is 17.0 Å². The van der Waals surface area contributed by atoms with E-state index < -0.39 is 11.1 Å². The molecule has 1 aromatic rings. The highest BCUT2D eigenvalue weighted by atomic mass is 79.9. The Bertz CT molecular complexity index is 805. The maximum atomic E-state index is 12.5. The average Bonchev–Trinajstić information content (AvgIpc) is 3.22. The van der Waals surface area contributed by atoms with E-state index in [0.29, 0.717) is 23.1 Å². The lowest BCUT2D eigenvalue weighted by molar-refractivity contribution is -0.135. The molecule has 0 spiro atoms. The van der Waals surface area contributed by atoms with Gasteiger partial charge >= 0.3 is 0 Å². The summed E-state index contributed by atoms with van der Waals surface area (Å²) in [6, 6.07) is 3.20. The van der Waals surface area contributed by atoms with Gasteiger partial charge in [0.1, 0.15) is 6.54 Å². The van der Waals surface area contributed by atoms with Gasteiger partial charge in [0.15, 0.2) is 11.5 Å². The van der Waals surface area contributed by atoms with E-state index in [2.05, 4.69) is 15.9 Å². The number of thioether (sulfide) groups is 1. The molecule has 7 nitrogen and oxygen atoms in total. The molecule has 0 bridgehead atoms. The van der Waals surface area contributed by atoms with Crippen LogP contribution in [0.25, 0.3) is 6.08 Å². The van der Waals surface area contributed by atoms with Crippen molar-refractivity contribution >= 4 is 50.8 Å². The molecule has 3 rings (SSSR count). The third kappa shape index (κ3) is 3.73. The van der Waals surface area contributed by atoms with Crippen molar-refractivity contribution in [2.75, 3.05) is 26.7 Å². The number of hydrogen-bond acceptors (Lipinski definition) is 6. The van der Waals surface area contributed by atoms with Gasteiger partial charge < -0.3 is 14.7 Å². The topological polar surface area (TPSA) is 87.2 Å². The number of likely N-dealkylation sites (tertiary alicyclic amines) is 1. The van der Waals surface area contributed by atoms with Crippen molar-refractivity contribution in [1.82, 2.24) is 9.80 Å². The summed E-state index contributed by atoms with van der Waals surface area (Å²) in [7, 11) is 1.42. The van der Waals surface area contributed by atoms with E-state index in [4.69, 9.17) is 4.74 Å². The van der Waals surface area contributed by atoms with Crippen LogP contribution in [0.15, 0.2) is 21.5 Å². The summed E-state index contributed by atoms with van der Waals surface area (Å²) >= 11 is 4.06. The molecule has 2 fully saturated rings. The zero-order valence-electron chi connectivity index (χ0n) is 14.0. The van der Waals surface area contributed by atoms with Crippen molar-refractivity contribution in [2.24, 2.45) is 0 Å². The third-order valence-electron chi connectivity index (χ3n) is 4.20. The second-order valence-electron chi connectivity index (χ2n) is 5.90. The first kappa shape index (κ1) is 18.8. The van der Waals surface area contributed by atoms with Gasteiger partial charge in [-0.15, -0.1) is 0 Å². The molecule has 0 radical (unpaired) electrons. The minimum absolute atomic E-state index is 0.129. The van der Waals surface area contributed by atoms with Gasteiger partial charge in [-0.1, -0.05) is 15.9 Å². The maximum absolute atomic E-state index is 12.5. The second-order valence-corrected chi connectivity index (χ2v) is 7.81. The lowest BCUT2D eigenvalue weighted by Gasteiger charge is -2.18. The summed E-state index contributed by atoms with van der Waals surface area (Å²) < 4.78 is 5.74. The van der Waals surface area contributed by atoms with Gasteiger partial charge in [-0.3, -0.25) is 19.3 Å². The maximum Gasteiger partial charge on any atom is 0.294 e. The predicted octanol–water partition coefficient (Wildman–Crippen LogP) is 2.82. The fourth-order valence-electron chi connectivity index (χ4n) is 2.84. The molecule has 3 amide bonds. The molecule has 2 heterocycles. The van der Waals surface area contributed by atoms with Crippen LogP contribution in [-0.4, -0.2) is 58.7 Å². The van der Waals surface area contributed by atoms with Crippen molar-refractivity contribution in [3.05, 3.63) is 27.1 Å². The number of aromatic hydroxyl groups is 1. The smallest absolute Gasteiger partial charge is 0.294 e. The number of carbonyl (C=O) groups excluding carboxylic acids is 3. The minimum Gasteiger partial charge on any atom is -0.504 e. The van der Waals surface area contributed by atoms with Gasteiger partial charge in [-0.2, -0.15) is 0 Å². The number of imide groups is 1. The van der Waals surface area contributed by atoms with Crippen LogP contribution in [0.4, 0.5) is 4.79 Å². The van der Waals surface area contributed by atoms with Crippen molar-refractivity contribution in [3.63, 3.8) is 0 Å². The Hall–Kier alpha value is -2.00. The number of rotatable bonds is 4. The molecule has 1 N–H and O–H groups in total. The molecule has 138 valence electrons. The summed E-state index contributed by atoms with van der Waals surface area (Å²) in [6.07, 6.45) is 3.31. The first-order chi connectivity index (χ1) is 12.4. The number of hydrogen-bond donors (Lipinski definition) is 1. The van der Waals surface area contributed by atoms with Crippen molar-refractivity contribution in [3.8, 4) is 11.5 Å². The summed E-state index contributed by atoms with van der Waals surface area (Å²) in [5.74, 6) is -0.645. The van der Waals surface area contributed by atoms with Crippen LogP contribution in [0.2, 0.25) is 0 Å². The lowest BCUT2D eigenvalue weighted by atomic mass is 10.1. The molecular formula is C17H17BrN2O5S. The number of amides is 3. The highest BCUT2D eigenvalue weighted by Crippen LogP contribution is 2.38. The first-order valence-corrected chi connectivity index (χ1v) is 9.61. The standard InChI is InChI=1S/C17H17BrN2O5S/c1-25-12-8-11(18)6-10(15(12)22)7-13-16(23)20(17(24)26-13)9-14(21)19-4-2-3-5-19/h6-8,22H,2-5,9H2,1H3/b13-7+. The van der Waals surface area contributed by atoms with E-state index in [0.717, 1.165) is 29.5 Å². The Morgan fingerprint density at radius 2 is 2.04 bits per heavy atom. The Morgan fingerprint density at radius 1 is 1.35 bits per heavy atom. The highest BCUT2D eigenvalue weighted by molar-refractivity contribution is 9.10. The van der Waals surface area contributed by atoms with Gasteiger partial charge in [0.25, 0.3) is 11.1 Å². The van der Waals surface area contributed by atoms with E-state index in [-0.39, 0.29) is 28.9 Å². The molecule has 0 aromatic heterocycles.